The van der Waals surface area contributed by atoms with Gasteiger partial charge in [0, 0.05) is 30.9 Å². The number of pyridine rings is 1. The van der Waals surface area contributed by atoms with Crippen molar-refractivity contribution in [3.8, 4) is 0 Å². The lowest BCUT2D eigenvalue weighted by atomic mass is 9.96. The molecule has 1 aliphatic rings. The molecule has 98 valence electrons. The van der Waals surface area contributed by atoms with Gasteiger partial charge in [0.15, 0.2) is 0 Å². The lowest BCUT2D eigenvalue weighted by Crippen LogP contribution is -2.47. The van der Waals surface area contributed by atoms with E-state index in [1.807, 2.05) is 11.8 Å². The van der Waals surface area contributed by atoms with E-state index in [9.17, 15) is 10.1 Å². The first-order valence-corrected chi connectivity index (χ1v) is 6.10. The van der Waals surface area contributed by atoms with E-state index in [-0.39, 0.29) is 16.7 Å². The topological polar surface area (TPSA) is 85.3 Å². The molecule has 0 radical (unpaired) electrons. The third-order valence-corrected chi connectivity index (χ3v) is 3.18. The average Bonchev–Trinajstić information content (AvgIpc) is 2.27. The fourth-order valence-corrected chi connectivity index (χ4v) is 2.48. The molecule has 6 heteroatoms. The van der Waals surface area contributed by atoms with Gasteiger partial charge in [0.25, 0.3) is 0 Å². The van der Waals surface area contributed by atoms with Crippen LogP contribution in [0.3, 0.4) is 0 Å². The van der Waals surface area contributed by atoms with Gasteiger partial charge in [-0.2, -0.15) is 0 Å². The number of aromatic nitrogens is 1. The molecule has 1 aromatic rings. The monoisotopic (exact) mass is 250 g/mol. The summed E-state index contributed by atoms with van der Waals surface area (Å²) in [5.41, 5.74) is 6.82. The van der Waals surface area contributed by atoms with Gasteiger partial charge in [0.1, 0.15) is 0 Å². The van der Waals surface area contributed by atoms with Crippen LogP contribution in [0.15, 0.2) is 12.1 Å². The summed E-state index contributed by atoms with van der Waals surface area (Å²) in [6, 6.07) is 3.23. The van der Waals surface area contributed by atoms with Crippen molar-refractivity contribution in [3.63, 3.8) is 0 Å². The van der Waals surface area contributed by atoms with E-state index in [0.29, 0.717) is 18.3 Å². The number of nitro groups is 1. The molecule has 2 heterocycles. The molecule has 0 amide bonds. The highest BCUT2D eigenvalue weighted by molar-refractivity contribution is 5.58. The van der Waals surface area contributed by atoms with E-state index in [0.717, 1.165) is 18.7 Å². The van der Waals surface area contributed by atoms with E-state index in [2.05, 4.69) is 11.9 Å². The fraction of sp³-hybridized carbons (Fsp3) is 0.583. The predicted octanol–water partition coefficient (Wildman–Crippen LogP) is 1.47. The molecule has 2 atom stereocenters. The smallest absolute Gasteiger partial charge is 0.311 e. The van der Waals surface area contributed by atoms with Crippen molar-refractivity contribution in [2.75, 3.05) is 18.0 Å². The summed E-state index contributed by atoms with van der Waals surface area (Å²) in [4.78, 5) is 16.9. The molecule has 1 fully saturated rings. The van der Waals surface area contributed by atoms with Crippen LogP contribution in [0.4, 0.5) is 11.5 Å². The van der Waals surface area contributed by atoms with E-state index < -0.39 is 0 Å². The van der Waals surface area contributed by atoms with Crippen molar-refractivity contribution in [2.45, 2.75) is 26.3 Å². The van der Waals surface area contributed by atoms with E-state index >= 15 is 0 Å². The molecule has 6 nitrogen and oxygen atoms in total. The van der Waals surface area contributed by atoms with Gasteiger partial charge in [0.05, 0.1) is 4.92 Å². The number of piperidine rings is 1. The average molecular weight is 250 g/mol. The number of anilines is 1. The number of rotatable bonds is 2. The number of hydrogen-bond acceptors (Lipinski definition) is 5. The highest BCUT2D eigenvalue weighted by Gasteiger charge is 2.28. The van der Waals surface area contributed by atoms with Gasteiger partial charge < -0.3 is 10.6 Å². The number of aryl methyl sites for hydroxylation is 1. The molecular formula is C12H18N4O2. The van der Waals surface area contributed by atoms with Crippen LogP contribution in [0.2, 0.25) is 0 Å². The van der Waals surface area contributed by atoms with Crippen molar-refractivity contribution >= 4 is 11.5 Å². The molecular weight excluding hydrogens is 232 g/mol. The molecule has 0 aliphatic carbocycles. The van der Waals surface area contributed by atoms with Gasteiger partial charge in [-0.1, -0.05) is 6.92 Å². The molecule has 0 spiro atoms. The first kappa shape index (κ1) is 12.8. The number of nitrogens with two attached hydrogens (primary N) is 1. The van der Waals surface area contributed by atoms with Gasteiger partial charge in [0.2, 0.25) is 5.82 Å². The molecule has 0 saturated carbocycles. The second-order valence-corrected chi connectivity index (χ2v) is 5.06. The van der Waals surface area contributed by atoms with Crippen LogP contribution >= 0.6 is 0 Å². The quantitative estimate of drug-likeness (QED) is 0.634. The summed E-state index contributed by atoms with van der Waals surface area (Å²) in [6.45, 7) is 5.33. The molecule has 1 saturated heterocycles. The minimum Gasteiger partial charge on any atom is -0.349 e. The molecule has 2 rings (SSSR count). The van der Waals surface area contributed by atoms with Crippen LogP contribution < -0.4 is 10.6 Å². The lowest BCUT2D eigenvalue weighted by molar-refractivity contribution is -0.384. The minimum atomic E-state index is -0.382. The fourth-order valence-electron chi connectivity index (χ4n) is 2.48. The predicted molar refractivity (Wildman–Crippen MR) is 69.6 cm³/mol. The van der Waals surface area contributed by atoms with Gasteiger partial charge >= 0.3 is 5.69 Å². The molecule has 1 aromatic heterocycles. The number of hydrogen-bond donors (Lipinski definition) is 1. The summed E-state index contributed by atoms with van der Waals surface area (Å²) in [5, 5.41) is 11.0. The van der Waals surface area contributed by atoms with Crippen molar-refractivity contribution < 1.29 is 4.92 Å². The first-order chi connectivity index (χ1) is 8.47. The highest BCUT2D eigenvalue weighted by Crippen LogP contribution is 2.29. The summed E-state index contributed by atoms with van der Waals surface area (Å²) in [6.07, 6.45) is 0.954. The molecule has 2 N–H and O–H groups in total. The van der Waals surface area contributed by atoms with E-state index in [1.54, 1.807) is 6.07 Å². The largest absolute Gasteiger partial charge is 0.349 e. The first-order valence-electron chi connectivity index (χ1n) is 6.10. The van der Waals surface area contributed by atoms with E-state index in [1.165, 1.54) is 6.07 Å². The molecule has 0 aromatic carbocycles. The van der Waals surface area contributed by atoms with Crippen molar-refractivity contribution in [3.05, 3.63) is 27.9 Å². The second kappa shape index (κ2) is 4.89. The SMILES string of the molecule is Cc1ccc([N+](=O)[O-])c(N2CC(C)CC(N)C2)n1. The van der Waals surface area contributed by atoms with Gasteiger partial charge in [-0.05, 0) is 25.3 Å². The Morgan fingerprint density at radius 1 is 1.50 bits per heavy atom. The zero-order valence-electron chi connectivity index (χ0n) is 10.7. The summed E-state index contributed by atoms with van der Waals surface area (Å²) >= 11 is 0. The number of nitrogens with zero attached hydrogens (tertiary/aromatic N) is 3. The van der Waals surface area contributed by atoms with Crippen LogP contribution in [0, 0.1) is 23.0 Å². The molecule has 1 aliphatic heterocycles. The zero-order valence-corrected chi connectivity index (χ0v) is 10.7. The maximum atomic E-state index is 11.0. The Morgan fingerprint density at radius 2 is 2.22 bits per heavy atom. The van der Waals surface area contributed by atoms with Crippen molar-refractivity contribution in [2.24, 2.45) is 11.7 Å². The maximum Gasteiger partial charge on any atom is 0.311 e. The Kier molecular flexibility index (Phi) is 3.47. The standard InChI is InChI=1S/C12H18N4O2/c1-8-5-10(13)7-15(6-8)12-11(16(17)18)4-3-9(2)14-12/h3-4,8,10H,5-7,13H2,1-2H3. The Hall–Kier alpha value is -1.69. The Bertz CT molecular complexity index is 453. The normalized spacial score (nSPS) is 24.1. The van der Waals surface area contributed by atoms with Crippen LogP contribution in [-0.4, -0.2) is 29.0 Å². The van der Waals surface area contributed by atoms with Crippen molar-refractivity contribution in [1.29, 1.82) is 0 Å². The minimum absolute atomic E-state index is 0.0515. The third-order valence-electron chi connectivity index (χ3n) is 3.18. The third kappa shape index (κ3) is 2.59. The Labute approximate surface area is 106 Å². The molecule has 18 heavy (non-hydrogen) atoms. The molecule has 2 unspecified atom stereocenters. The molecule has 0 bridgehead atoms. The summed E-state index contributed by atoms with van der Waals surface area (Å²) < 4.78 is 0. The van der Waals surface area contributed by atoms with Gasteiger partial charge in [-0.3, -0.25) is 10.1 Å². The van der Waals surface area contributed by atoms with Crippen LogP contribution in [-0.2, 0) is 0 Å². The Balaban J connectivity index is 2.36. The second-order valence-electron chi connectivity index (χ2n) is 5.06. The maximum absolute atomic E-state index is 11.0. The zero-order chi connectivity index (χ0) is 13.3. The van der Waals surface area contributed by atoms with Gasteiger partial charge in [-0.15, -0.1) is 0 Å². The summed E-state index contributed by atoms with van der Waals surface area (Å²) in [7, 11) is 0. The Morgan fingerprint density at radius 3 is 2.83 bits per heavy atom. The lowest BCUT2D eigenvalue weighted by Gasteiger charge is -2.35. The van der Waals surface area contributed by atoms with Crippen molar-refractivity contribution in [1.82, 2.24) is 4.98 Å². The van der Waals surface area contributed by atoms with Gasteiger partial charge in [-0.25, -0.2) is 4.98 Å². The summed E-state index contributed by atoms with van der Waals surface area (Å²) in [5.74, 6) is 0.873. The highest BCUT2D eigenvalue weighted by atomic mass is 16.6. The van der Waals surface area contributed by atoms with Crippen LogP contribution in [0.1, 0.15) is 19.0 Å². The van der Waals surface area contributed by atoms with E-state index in [4.69, 9.17) is 5.73 Å². The van der Waals surface area contributed by atoms with Crippen LogP contribution in [0.25, 0.3) is 0 Å². The van der Waals surface area contributed by atoms with Crippen LogP contribution in [0.5, 0.6) is 0 Å².